The topological polar surface area (TPSA) is 69.4 Å². The molecule has 7 heteroatoms. The number of aromatic nitrogens is 4. The van der Waals surface area contributed by atoms with E-state index in [9.17, 15) is 4.79 Å². The average Bonchev–Trinajstić information content (AvgIpc) is 3.08. The lowest BCUT2D eigenvalue weighted by molar-refractivity contribution is 0.415. The van der Waals surface area contributed by atoms with E-state index in [2.05, 4.69) is 15.3 Å². The second-order valence-electron chi connectivity index (χ2n) is 5.05. The van der Waals surface area contributed by atoms with E-state index >= 15 is 0 Å². The van der Waals surface area contributed by atoms with Crippen LogP contribution in [0.15, 0.2) is 59.4 Å². The Bertz CT molecular complexity index is 1070. The molecule has 0 radical (unpaired) electrons. The third-order valence-electron chi connectivity index (χ3n) is 3.55. The van der Waals surface area contributed by atoms with Gasteiger partial charge in [-0.25, -0.2) is 0 Å². The molecule has 2 aromatic carbocycles. The monoisotopic (exact) mass is 336 g/mol. The van der Waals surface area contributed by atoms with Gasteiger partial charge in [0.2, 0.25) is 4.96 Å². The first kappa shape index (κ1) is 14.5. The molecule has 2 heterocycles. The molecule has 0 unspecified atom stereocenters. The highest BCUT2D eigenvalue weighted by molar-refractivity contribution is 7.19. The molecule has 0 atom stereocenters. The summed E-state index contributed by atoms with van der Waals surface area (Å²) in [5.74, 6) is 0.732. The number of methoxy groups -OCH3 is 1. The third kappa shape index (κ3) is 2.44. The van der Waals surface area contributed by atoms with Crippen molar-refractivity contribution < 1.29 is 4.74 Å². The van der Waals surface area contributed by atoms with E-state index in [1.54, 1.807) is 7.11 Å². The Labute approximate surface area is 141 Å². The summed E-state index contributed by atoms with van der Waals surface area (Å²) in [7, 11) is 1.61. The van der Waals surface area contributed by atoms with Gasteiger partial charge in [-0.05, 0) is 12.1 Å². The van der Waals surface area contributed by atoms with E-state index < -0.39 is 0 Å². The van der Waals surface area contributed by atoms with E-state index in [-0.39, 0.29) is 11.3 Å². The number of fused-ring (bicyclic) bond motifs is 1. The summed E-state index contributed by atoms with van der Waals surface area (Å²) in [6.45, 7) is 0. The number of hydrogen-bond acceptors (Lipinski definition) is 6. The maximum Gasteiger partial charge on any atom is 0.302 e. The molecule has 0 amide bonds. The van der Waals surface area contributed by atoms with Crippen LogP contribution in [0.4, 0.5) is 0 Å². The Hall–Kier alpha value is -3.06. The summed E-state index contributed by atoms with van der Waals surface area (Å²) in [4.78, 5) is 13.1. The molecule has 0 fully saturated rings. The highest BCUT2D eigenvalue weighted by Crippen LogP contribution is 2.27. The fraction of sp³-hybridized carbons (Fsp3) is 0.0588. The van der Waals surface area contributed by atoms with Crippen LogP contribution in [0.1, 0.15) is 0 Å². The van der Waals surface area contributed by atoms with Gasteiger partial charge in [-0.2, -0.15) is 9.61 Å². The van der Waals surface area contributed by atoms with Crippen molar-refractivity contribution in [1.29, 1.82) is 0 Å². The number of nitrogens with zero attached hydrogens (tertiary/aromatic N) is 4. The summed E-state index contributed by atoms with van der Waals surface area (Å²) < 4.78 is 6.53. The predicted octanol–water partition coefficient (Wildman–Crippen LogP) is 2.89. The van der Waals surface area contributed by atoms with Crippen LogP contribution in [-0.2, 0) is 0 Å². The summed E-state index contributed by atoms with van der Waals surface area (Å²) in [6, 6.07) is 16.8. The summed E-state index contributed by atoms with van der Waals surface area (Å²) in [6.07, 6.45) is 0. The van der Waals surface area contributed by atoms with Crippen molar-refractivity contribution in [3.8, 4) is 27.6 Å². The molecule has 0 aliphatic rings. The first-order valence-electron chi connectivity index (χ1n) is 7.22. The Kier molecular flexibility index (Phi) is 3.55. The maximum atomic E-state index is 12.7. The molecule has 0 spiro atoms. The minimum Gasteiger partial charge on any atom is -0.497 e. The SMILES string of the molecule is COc1cccc(-c2nn3c(=O)c(-c4ccccc4)nnc3s2)c1. The maximum absolute atomic E-state index is 12.7. The minimum atomic E-state index is -0.281. The molecule has 2 aromatic heterocycles. The molecule has 0 bridgehead atoms. The zero-order valence-electron chi connectivity index (χ0n) is 12.7. The van der Waals surface area contributed by atoms with Crippen molar-refractivity contribution in [3.05, 3.63) is 65.0 Å². The standard InChI is InChI=1S/C17H12N4O2S/c1-23-13-9-5-8-12(10-13)15-20-21-16(22)14(18-19-17(21)24-15)11-6-3-2-4-7-11/h2-10H,1H3. The Morgan fingerprint density at radius 2 is 1.79 bits per heavy atom. The molecule has 6 nitrogen and oxygen atoms in total. The fourth-order valence-electron chi connectivity index (χ4n) is 2.36. The summed E-state index contributed by atoms with van der Waals surface area (Å²) in [5, 5.41) is 13.3. The van der Waals surface area contributed by atoms with Gasteiger partial charge < -0.3 is 4.74 Å². The highest BCUT2D eigenvalue weighted by Gasteiger charge is 2.14. The number of rotatable bonds is 3. The van der Waals surface area contributed by atoms with Crippen molar-refractivity contribution >= 4 is 16.3 Å². The van der Waals surface area contributed by atoms with E-state index in [4.69, 9.17) is 4.74 Å². The van der Waals surface area contributed by atoms with Gasteiger partial charge in [0.25, 0.3) is 0 Å². The second kappa shape index (κ2) is 5.86. The zero-order chi connectivity index (χ0) is 16.5. The van der Waals surface area contributed by atoms with Crippen LogP contribution in [0.3, 0.4) is 0 Å². The first-order valence-corrected chi connectivity index (χ1v) is 8.04. The molecule has 0 aliphatic heterocycles. The molecule has 4 rings (SSSR count). The molecule has 24 heavy (non-hydrogen) atoms. The Morgan fingerprint density at radius 1 is 1.00 bits per heavy atom. The van der Waals surface area contributed by atoms with E-state index in [0.29, 0.717) is 9.97 Å². The quantitative estimate of drug-likeness (QED) is 0.575. The highest BCUT2D eigenvalue weighted by atomic mass is 32.1. The second-order valence-corrected chi connectivity index (χ2v) is 6.01. The third-order valence-corrected chi connectivity index (χ3v) is 4.50. The van der Waals surface area contributed by atoms with Gasteiger partial charge in [0.1, 0.15) is 10.8 Å². The molecule has 118 valence electrons. The van der Waals surface area contributed by atoms with Crippen LogP contribution >= 0.6 is 11.3 Å². The van der Waals surface area contributed by atoms with Crippen molar-refractivity contribution in [2.24, 2.45) is 0 Å². The summed E-state index contributed by atoms with van der Waals surface area (Å²) >= 11 is 1.31. The molecule has 0 saturated heterocycles. The van der Waals surface area contributed by atoms with Gasteiger partial charge in [-0.1, -0.05) is 53.8 Å². The van der Waals surface area contributed by atoms with Crippen LogP contribution in [0.2, 0.25) is 0 Å². The Morgan fingerprint density at radius 3 is 2.58 bits per heavy atom. The van der Waals surface area contributed by atoms with Crippen LogP contribution in [0.25, 0.3) is 26.8 Å². The van der Waals surface area contributed by atoms with Gasteiger partial charge in [0, 0.05) is 11.1 Å². The van der Waals surface area contributed by atoms with Gasteiger partial charge in [0.05, 0.1) is 7.11 Å². The molecule has 0 N–H and O–H groups in total. The number of hydrogen-bond donors (Lipinski definition) is 0. The van der Waals surface area contributed by atoms with Crippen molar-refractivity contribution in [3.63, 3.8) is 0 Å². The predicted molar refractivity (Wildman–Crippen MR) is 92.4 cm³/mol. The van der Waals surface area contributed by atoms with Crippen LogP contribution < -0.4 is 10.3 Å². The first-order chi connectivity index (χ1) is 11.8. The van der Waals surface area contributed by atoms with Crippen LogP contribution in [0, 0.1) is 0 Å². The van der Waals surface area contributed by atoms with E-state index in [1.807, 2.05) is 54.6 Å². The molecule has 0 saturated carbocycles. The molecule has 4 aromatic rings. The normalized spacial score (nSPS) is 10.9. The van der Waals surface area contributed by atoms with Crippen molar-refractivity contribution in [1.82, 2.24) is 19.8 Å². The van der Waals surface area contributed by atoms with Crippen LogP contribution in [0.5, 0.6) is 5.75 Å². The van der Waals surface area contributed by atoms with Gasteiger partial charge in [-0.15, -0.1) is 10.2 Å². The lowest BCUT2D eigenvalue weighted by Crippen LogP contribution is -2.19. The number of benzene rings is 2. The molecular weight excluding hydrogens is 324 g/mol. The fourth-order valence-corrected chi connectivity index (χ4v) is 3.20. The van der Waals surface area contributed by atoms with E-state index in [1.165, 1.54) is 15.9 Å². The largest absolute Gasteiger partial charge is 0.497 e. The average molecular weight is 336 g/mol. The van der Waals surface area contributed by atoms with Crippen LogP contribution in [-0.4, -0.2) is 26.9 Å². The smallest absolute Gasteiger partial charge is 0.302 e. The Balaban J connectivity index is 1.87. The van der Waals surface area contributed by atoms with Gasteiger partial charge in [-0.3, -0.25) is 4.79 Å². The van der Waals surface area contributed by atoms with Gasteiger partial charge >= 0.3 is 5.56 Å². The van der Waals surface area contributed by atoms with Gasteiger partial charge in [0.15, 0.2) is 5.69 Å². The van der Waals surface area contributed by atoms with Crippen molar-refractivity contribution in [2.75, 3.05) is 7.11 Å². The molecule has 0 aliphatic carbocycles. The zero-order valence-corrected chi connectivity index (χ0v) is 13.5. The summed E-state index contributed by atoms with van der Waals surface area (Å²) in [5.41, 5.74) is 1.60. The minimum absolute atomic E-state index is 0.281. The number of ether oxygens (including phenoxy) is 1. The lowest BCUT2D eigenvalue weighted by Gasteiger charge is -2.00. The molecular formula is C17H12N4O2S. The lowest BCUT2D eigenvalue weighted by atomic mass is 10.2. The van der Waals surface area contributed by atoms with Crippen molar-refractivity contribution in [2.45, 2.75) is 0 Å². The van der Waals surface area contributed by atoms with E-state index in [0.717, 1.165) is 16.9 Å².